The summed E-state index contributed by atoms with van der Waals surface area (Å²) in [6, 6.07) is 0. The molecule has 0 amide bonds. The zero-order valence-electron chi connectivity index (χ0n) is 65.7. The summed E-state index contributed by atoms with van der Waals surface area (Å²) in [5, 5.41) is 10.6. The Balaban J connectivity index is 5.28. The van der Waals surface area contributed by atoms with Crippen LogP contribution in [0.15, 0.2) is 24.3 Å². The Morgan fingerprint density at radius 1 is 0.307 bits per heavy atom. The monoisotopic (exact) mass is 1480 g/mol. The van der Waals surface area contributed by atoms with Crippen molar-refractivity contribution in [2.24, 2.45) is 11.8 Å². The Kier molecular flexibility index (Phi) is 71.3. The first kappa shape index (κ1) is 98.5. The van der Waals surface area contributed by atoms with Crippen LogP contribution in [0.25, 0.3) is 0 Å². The number of carbonyl (C=O) groups excluding carboxylic acids is 4. The SMILES string of the molecule is CCCCCC/C=C\C=C/CCCCCCCC(=O)O[C@H](COC(=O)CCCCCCCCCCC(C)C)COP(=O)(O)OC[C@H](O)COP(=O)(O)OC[C@@H](COC(=O)CCCCCCCCCCCCCCCCCC)OC(=O)CCCCCCCCCCCCCCCCCCC(C)C. The zero-order valence-corrected chi connectivity index (χ0v) is 67.5. The second-order valence-electron chi connectivity index (χ2n) is 29.8. The van der Waals surface area contributed by atoms with E-state index in [0.29, 0.717) is 25.7 Å². The van der Waals surface area contributed by atoms with Crippen LogP contribution < -0.4 is 0 Å². The summed E-state index contributed by atoms with van der Waals surface area (Å²) in [5.74, 6) is -0.607. The van der Waals surface area contributed by atoms with E-state index in [9.17, 15) is 43.2 Å². The van der Waals surface area contributed by atoms with Crippen molar-refractivity contribution < 1.29 is 80.2 Å². The predicted molar refractivity (Wildman–Crippen MR) is 414 cm³/mol. The number of hydrogen-bond acceptors (Lipinski definition) is 15. The highest BCUT2D eigenvalue weighted by atomic mass is 31.2. The van der Waals surface area contributed by atoms with Gasteiger partial charge in [0.15, 0.2) is 12.2 Å². The number of unbranched alkanes of at least 4 members (excludes halogenated alkanes) is 46. The molecule has 17 nitrogen and oxygen atoms in total. The van der Waals surface area contributed by atoms with E-state index in [1.54, 1.807) is 0 Å². The number of carbonyl (C=O) groups is 4. The molecule has 0 heterocycles. The fourth-order valence-electron chi connectivity index (χ4n) is 12.2. The van der Waals surface area contributed by atoms with Crippen molar-refractivity contribution in [2.75, 3.05) is 39.6 Å². The minimum Gasteiger partial charge on any atom is -0.462 e. The first-order valence-corrected chi connectivity index (χ1v) is 44.8. The summed E-state index contributed by atoms with van der Waals surface area (Å²) in [5.41, 5.74) is 0. The Hall–Kier alpha value is -2.46. The van der Waals surface area contributed by atoms with E-state index in [4.69, 9.17) is 37.0 Å². The molecule has 0 radical (unpaired) electrons. The van der Waals surface area contributed by atoms with Gasteiger partial charge in [0.25, 0.3) is 0 Å². The summed E-state index contributed by atoms with van der Waals surface area (Å²) in [4.78, 5) is 73.0. The lowest BCUT2D eigenvalue weighted by Gasteiger charge is -2.21. The maximum atomic E-state index is 13.1. The van der Waals surface area contributed by atoms with Crippen LogP contribution in [0, 0.1) is 11.8 Å². The van der Waals surface area contributed by atoms with Gasteiger partial charge < -0.3 is 33.8 Å². The Morgan fingerprint density at radius 3 is 0.812 bits per heavy atom. The van der Waals surface area contributed by atoms with Gasteiger partial charge in [-0.1, -0.05) is 355 Å². The molecule has 0 saturated carbocycles. The molecule has 0 aliphatic rings. The number of allylic oxidation sites excluding steroid dienone is 4. The molecule has 0 aliphatic carbocycles. The smallest absolute Gasteiger partial charge is 0.462 e. The topological polar surface area (TPSA) is 237 Å². The van der Waals surface area contributed by atoms with Gasteiger partial charge in [0.05, 0.1) is 26.4 Å². The van der Waals surface area contributed by atoms with Gasteiger partial charge in [-0.25, -0.2) is 9.13 Å². The average Bonchev–Trinajstić information content (AvgIpc) is 1.05. The van der Waals surface area contributed by atoms with Crippen LogP contribution in [0.1, 0.15) is 408 Å². The molecule has 0 spiro atoms. The first-order chi connectivity index (χ1) is 48.9. The van der Waals surface area contributed by atoms with Crippen LogP contribution in [0.3, 0.4) is 0 Å². The Morgan fingerprint density at radius 2 is 0.535 bits per heavy atom. The van der Waals surface area contributed by atoms with Crippen molar-refractivity contribution in [1.29, 1.82) is 0 Å². The lowest BCUT2D eigenvalue weighted by molar-refractivity contribution is -0.161. The Bertz CT molecular complexity index is 2040. The summed E-state index contributed by atoms with van der Waals surface area (Å²) >= 11 is 0. The third-order valence-electron chi connectivity index (χ3n) is 18.6. The zero-order chi connectivity index (χ0) is 74.2. The normalized spacial score (nSPS) is 14.0. The Labute approximate surface area is 618 Å². The van der Waals surface area contributed by atoms with Gasteiger partial charge >= 0.3 is 39.5 Å². The number of rotatable bonds is 79. The van der Waals surface area contributed by atoms with Gasteiger partial charge in [-0.3, -0.25) is 37.3 Å². The van der Waals surface area contributed by atoms with Gasteiger partial charge in [0.1, 0.15) is 19.3 Å². The molecule has 101 heavy (non-hydrogen) atoms. The lowest BCUT2D eigenvalue weighted by atomic mass is 10.0. The number of aliphatic hydroxyl groups is 1. The number of phosphoric ester groups is 2. The van der Waals surface area contributed by atoms with Gasteiger partial charge in [0.2, 0.25) is 0 Å². The molecule has 0 aromatic rings. The van der Waals surface area contributed by atoms with E-state index in [1.807, 2.05) is 0 Å². The van der Waals surface area contributed by atoms with Crippen molar-refractivity contribution in [2.45, 2.75) is 426 Å². The largest absolute Gasteiger partial charge is 0.472 e. The molecule has 0 aromatic heterocycles. The van der Waals surface area contributed by atoms with Gasteiger partial charge in [-0.15, -0.1) is 0 Å². The third kappa shape index (κ3) is 75.6. The highest BCUT2D eigenvalue weighted by Gasteiger charge is 2.30. The maximum absolute atomic E-state index is 13.1. The molecular weight excluding hydrogens is 1320 g/mol. The number of ether oxygens (including phenoxy) is 4. The van der Waals surface area contributed by atoms with Crippen LogP contribution in [0.2, 0.25) is 0 Å². The van der Waals surface area contributed by atoms with E-state index in [1.165, 1.54) is 205 Å². The van der Waals surface area contributed by atoms with Crippen molar-refractivity contribution in [3.05, 3.63) is 24.3 Å². The van der Waals surface area contributed by atoms with E-state index in [2.05, 4.69) is 65.8 Å². The molecule has 0 saturated heterocycles. The van der Waals surface area contributed by atoms with Crippen LogP contribution in [-0.2, 0) is 65.4 Å². The van der Waals surface area contributed by atoms with Crippen LogP contribution in [0.4, 0.5) is 0 Å². The lowest BCUT2D eigenvalue weighted by Crippen LogP contribution is -2.30. The molecule has 3 N–H and O–H groups in total. The molecule has 0 aromatic carbocycles. The van der Waals surface area contributed by atoms with Crippen LogP contribution >= 0.6 is 15.6 Å². The molecule has 19 heteroatoms. The fraction of sp³-hybridized carbons (Fsp3) is 0.902. The molecule has 0 bridgehead atoms. The molecule has 0 fully saturated rings. The molecular formula is C82H156O17P2. The minimum absolute atomic E-state index is 0.0847. The number of esters is 4. The van der Waals surface area contributed by atoms with Gasteiger partial charge in [-0.2, -0.15) is 0 Å². The molecule has 5 atom stereocenters. The second-order valence-corrected chi connectivity index (χ2v) is 32.7. The maximum Gasteiger partial charge on any atom is 0.472 e. The first-order valence-electron chi connectivity index (χ1n) is 41.8. The van der Waals surface area contributed by atoms with Crippen molar-refractivity contribution in [3.63, 3.8) is 0 Å². The molecule has 0 rings (SSSR count). The summed E-state index contributed by atoms with van der Waals surface area (Å²) in [7, 11) is -9.93. The van der Waals surface area contributed by atoms with E-state index < -0.39 is 97.5 Å². The number of phosphoric acid groups is 2. The van der Waals surface area contributed by atoms with Gasteiger partial charge in [0, 0.05) is 25.7 Å². The highest BCUT2D eigenvalue weighted by Crippen LogP contribution is 2.45. The van der Waals surface area contributed by atoms with E-state index in [-0.39, 0.29) is 25.7 Å². The van der Waals surface area contributed by atoms with Crippen molar-refractivity contribution in [3.8, 4) is 0 Å². The van der Waals surface area contributed by atoms with Crippen LogP contribution in [0.5, 0.6) is 0 Å². The highest BCUT2D eigenvalue weighted by molar-refractivity contribution is 7.47. The van der Waals surface area contributed by atoms with Crippen LogP contribution in [-0.4, -0.2) is 96.7 Å². The summed E-state index contributed by atoms with van der Waals surface area (Å²) in [6.45, 7) is 9.57. The van der Waals surface area contributed by atoms with Crippen molar-refractivity contribution >= 4 is 39.5 Å². The van der Waals surface area contributed by atoms with Gasteiger partial charge in [-0.05, 0) is 63.2 Å². The standard InChI is InChI=1S/C82H156O17P2/c1-7-9-11-13-15-17-19-21-23-28-31-35-39-46-52-58-64-79(84)92-70-77(98-81(86)67-61-55-49-41-37-33-29-25-24-27-30-34-38-44-50-56-62-74(3)4)72-96-100(88,89)94-68-76(83)69-95-101(90,91)97-73-78(71-93-80(85)65-59-53-47-43-42-45-51-57-63-75(5)6)99-82(87)66-60-54-48-40-36-32-26-22-20-18-16-14-12-10-8-2/h18,20,22,26,74-78,83H,7-17,19,21,23-25,27-73H2,1-6H3,(H,88,89)(H,90,91)/b20-18-,26-22-/t76-,77-,78-/m1/s1. The number of hydrogen-bond donors (Lipinski definition) is 3. The second kappa shape index (κ2) is 73.1. The third-order valence-corrected chi connectivity index (χ3v) is 20.5. The summed E-state index contributed by atoms with van der Waals surface area (Å²) in [6.07, 6.45) is 66.0. The molecule has 596 valence electrons. The molecule has 0 aliphatic heterocycles. The van der Waals surface area contributed by atoms with E-state index >= 15 is 0 Å². The van der Waals surface area contributed by atoms with E-state index in [0.717, 1.165) is 121 Å². The molecule has 2 unspecified atom stereocenters. The minimum atomic E-state index is -4.97. The quantitative estimate of drug-likeness (QED) is 0.0169. The van der Waals surface area contributed by atoms with Crippen molar-refractivity contribution in [1.82, 2.24) is 0 Å². The fourth-order valence-corrected chi connectivity index (χ4v) is 13.8. The summed E-state index contributed by atoms with van der Waals surface area (Å²) < 4.78 is 68.7. The predicted octanol–water partition coefficient (Wildman–Crippen LogP) is 24.2. The number of aliphatic hydroxyl groups excluding tert-OH is 1. The average molecular weight is 1480 g/mol.